The monoisotopic (exact) mass is 497 g/mol. The molecule has 184 valence electrons. The summed E-state index contributed by atoms with van der Waals surface area (Å²) in [5.41, 5.74) is -6.10. The summed E-state index contributed by atoms with van der Waals surface area (Å²) < 4.78 is 81.6. The van der Waals surface area contributed by atoms with E-state index >= 15 is 0 Å². The molecule has 4 amide bonds. The van der Waals surface area contributed by atoms with Gasteiger partial charge >= 0.3 is 12.2 Å². The highest BCUT2D eigenvalue weighted by atomic mass is 19.4. The summed E-state index contributed by atoms with van der Waals surface area (Å²) in [5, 5.41) is 7.01. The molecule has 1 saturated heterocycles. The normalized spacial score (nSPS) is 29.1. The molecular formula is C23H17F6N3O3. The smallest absolute Gasteiger partial charge is 0.349 e. The van der Waals surface area contributed by atoms with Gasteiger partial charge in [0.2, 0.25) is 0 Å². The molecular weight excluding hydrogens is 480 g/mol. The van der Waals surface area contributed by atoms with E-state index in [2.05, 4.69) is 16.0 Å². The minimum absolute atomic E-state index is 0.0194. The van der Waals surface area contributed by atoms with Gasteiger partial charge in [-0.25, -0.2) is 18.0 Å². The van der Waals surface area contributed by atoms with E-state index in [-0.39, 0.29) is 24.8 Å². The standard InChI is InChI=1S/C23H17F6N3O3/c24-14-6-5-13(15(16(14)25)11-1-3-12(4-2-11)23(27,28)29)17(33)30-10-22(18(34)31-19(35)32-22)20-7-21(26,8-20)9-20/h1-6H,7-10H2,(H,30,33)(H2,31,32,34,35). The van der Waals surface area contributed by atoms with Crippen LogP contribution < -0.4 is 16.0 Å². The topological polar surface area (TPSA) is 87.3 Å². The van der Waals surface area contributed by atoms with Gasteiger partial charge in [-0.1, -0.05) is 12.1 Å². The number of rotatable bonds is 5. The zero-order valence-electron chi connectivity index (χ0n) is 17.8. The highest BCUT2D eigenvalue weighted by Gasteiger charge is 2.79. The van der Waals surface area contributed by atoms with Gasteiger partial charge in [0.25, 0.3) is 11.8 Å². The molecule has 1 heterocycles. The van der Waals surface area contributed by atoms with Gasteiger partial charge in [0.15, 0.2) is 11.6 Å². The van der Waals surface area contributed by atoms with Crippen molar-refractivity contribution in [2.75, 3.05) is 6.54 Å². The molecule has 0 aromatic heterocycles. The molecule has 4 fully saturated rings. The number of hydrogen-bond donors (Lipinski definition) is 3. The van der Waals surface area contributed by atoms with Crippen molar-refractivity contribution in [3.63, 3.8) is 0 Å². The van der Waals surface area contributed by atoms with Crippen LogP contribution in [0.25, 0.3) is 11.1 Å². The fourth-order valence-electron chi connectivity index (χ4n) is 5.45. The van der Waals surface area contributed by atoms with E-state index in [4.69, 9.17) is 0 Å². The molecule has 35 heavy (non-hydrogen) atoms. The van der Waals surface area contributed by atoms with E-state index in [1.54, 1.807) is 0 Å². The number of benzene rings is 2. The number of nitrogens with one attached hydrogen (secondary N) is 3. The van der Waals surface area contributed by atoms with E-state index in [1.165, 1.54) is 0 Å². The average Bonchev–Trinajstić information content (AvgIpc) is 3.04. The van der Waals surface area contributed by atoms with Crippen molar-refractivity contribution in [1.82, 2.24) is 16.0 Å². The van der Waals surface area contributed by atoms with Crippen molar-refractivity contribution in [1.29, 1.82) is 0 Å². The Balaban J connectivity index is 1.45. The van der Waals surface area contributed by atoms with Gasteiger partial charge < -0.3 is 10.6 Å². The number of carbonyl (C=O) groups is 3. The molecule has 1 atom stereocenters. The zero-order chi connectivity index (χ0) is 25.4. The lowest BCUT2D eigenvalue weighted by Gasteiger charge is -2.70. The van der Waals surface area contributed by atoms with Crippen LogP contribution in [-0.2, 0) is 11.0 Å². The molecule has 3 aliphatic carbocycles. The molecule has 2 aromatic rings. The largest absolute Gasteiger partial charge is 0.416 e. The van der Waals surface area contributed by atoms with E-state index < -0.39 is 75.5 Å². The Bertz CT molecular complexity index is 1260. The lowest BCUT2D eigenvalue weighted by Crippen LogP contribution is -2.80. The summed E-state index contributed by atoms with van der Waals surface area (Å²) in [7, 11) is 0. The lowest BCUT2D eigenvalue weighted by molar-refractivity contribution is -0.246. The average molecular weight is 497 g/mol. The fourth-order valence-corrected chi connectivity index (χ4v) is 5.45. The zero-order valence-corrected chi connectivity index (χ0v) is 17.8. The number of halogens is 6. The quantitative estimate of drug-likeness (QED) is 0.433. The maximum Gasteiger partial charge on any atom is 0.416 e. The molecule has 3 saturated carbocycles. The Kier molecular flexibility index (Phi) is 4.78. The second-order valence-electron chi connectivity index (χ2n) is 9.32. The van der Waals surface area contributed by atoms with Crippen molar-refractivity contribution in [2.45, 2.75) is 36.6 Å². The van der Waals surface area contributed by atoms with Gasteiger partial charge in [0, 0.05) is 11.0 Å². The highest BCUT2D eigenvalue weighted by Crippen LogP contribution is 2.73. The molecule has 4 aliphatic rings. The maximum absolute atomic E-state index is 14.7. The number of urea groups is 1. The Morgan fingerprint density at radius 2 is 1.63 bits per heavy atom. The molecule has 6 rings (SSSR count). The fraction of sp³-hybridized carbons (Fsp3) is 0.348. The number of carbonyl (C=O) groups excluding carboxylic acids is 3. The maximum atomic E-state index is 14.7. The molecule has 2 aromatic carbocycles. The van der Waals surface area contributed by atoms with Crippen LogP contribution in [0.15, 0.2) is 36.4 Å². The SMILES string of the molecule is O=C1NC(=O)C(CNC(=O)c2ccc(F)c(F)c2-c2ccc(C(F)(F)F)cc2)(C23CC(F)(C2)C3)N1. The van der Waals surface area contributed by atoms with Crippen molar-refractivity contribution in [3.8, 4) is 11.1 Å². The third-order valence-corrected chi connectivity index (χ3v) is 7.17. The molecule has 0 spiro atoms. The van der Waals surface area contributed by atoms with E-state index in [0.717, 1.165) is 18.2 Å². The first-order valence-corrected chi connectivity index (χ1v) is 10.6. The van der Waals surface area contributed by atoms with Crippen LogP contribution in [0.3, 0.4) is 0 Å². The third-order valence-electron chi connectivity index (χ3n) is 7.17. The molecule has 12 heteroatoms. The van der Waals surface area contributed by atoms with Crippen LogP contribution in [0.2, 0.25) is 0 Å². The number of amides is 4. The Morgan fingerprint density at radius 1 is 1.00 bits per heavy atom. The van der Waals surface area contributed by atoms with Crippen LogP contribution in [0, 0.1) is 17.0 Å². The Labute approximate surface area is 194 Å². The van der Waals surface area contributed by atoms with Crippen molar-refractivity contribution < 1.29 is 40.7 Å². The van der Waals surface area contributed by atoms with Gasteiger partial charge in [-0.15, -0.1) is 0 Å². The first-order chi connectivity index (χ1) is 16.3. The van der Waals surface area contributed by atoms with Gasteiger partial charge in [0.05, 0.1) is 17.7 Å². The number of alkyl halides is 4. The predicted molar refractivity (Wildman–Crippen MR) is 109 cm³/mol. The second-order valence-corrected chi connectivity index (χ2v) is 9.32. The van der Waals surface area contributed by atoms with E-state index in [0.29, 0.717) is 18.2 Å². The van der Waals surface area contributed by atoms with E-state index in [1.807, 2.05) is 0 Å². The molecule has 1 aliphatic heterocycles. The molecule has 2 bridgehead atoms. The first-order valence-electron chi connectivity index (χ1n) is 10.6. The minimum Gasteiger partial charge on any atom is -0.349 e. The van der Waals surface area contributed by atoms with Crippen LogP contribution >= 0.6 is 0 Å². The second kappa shape index (κ2) is 7.22. The van der Waals surface area contributed by atoms with E-state index in [9.17, 15) is 40.7 Å². The third kappa shape index (κ3) is 3.37. The van der Waals surface area contributed by atoms with Crippen LogP contribution in [-0.4, -0.2) is 35.6 Å². The molecule has 3 N–H and O–H groups in total. The molecule has 1 unspecified atom stereocenters. The highest BCUT2D eigenvalue weighted by molar-refractivity contribution is 6.09. The molecule has 6 nitrogen and oxygen atoms in total. The summed E-state index contributed by atoms with van der Waals surface area (Å²) in [5.74, 6) is -4.47. The summed E-state index contributed by atoms with van der Waals surface area (Å²) in [6.45, 7) is -0.453. The summed E-state index contributed by atoms with van der Waals surface area (Å²) in [6.07, 6.45) is -4.60. The van der Waals surface area contributed by atoms with Gasteiger partial charge in [-0.05, 0) is 49.1 Å². The van der Waals surface area contributed by atoms with Crippen LogP contribution in [0.4, 0.5) is 31.1 Å². The predicted octanol–water partition coefficient (Wildman–Crippen LogP) is 3.85. The summed E-state index contributed by atoms with van der Waals surface area (Å²) in [6, 6.07) is 4.00. The lowest BCUT2D eigenvalue weighted by atomic mass is 9.36. The summed E-state index contributed by atoms with van der Waals surface area (Å²) in [4.78, 5) is 37.5. The Morgan fingerprint density at radius 3 is 2.14 bits per heavy atom. The van der Waals surface area contributed by atoms with Crippen molar-refractivity contribution in [3.05, 3.63) is 59.2 Å². The minimum atomic E-state index is -4.65. The van der Waals surface area contributed by atoms with Gasteiger partial charge in [0.1, 0.15) is 11.2 Å². The first kappa shape index (κ1) is 23.2. The van der Waals surface area contributed by atoms with Crippen molar-refractivity contribution in [2.24, 2.45) is 5.41 Å². The number of hydrogen-bond acceptors (Lipinski definition) is 3. The van der Waals surface area contributed by atoms with Gasteiger partial charge in [-0.3, -0.25) is 14.9 Å². The Hall–Kier alpha value is -3.57. The van der Waals surface area contributed by atoms with Crippen molar-refractivity contribution >= 4 is 17.8 Å². The number of imide groups is 1. The summed E-state index contributed by atoms with van der Waals surface area (Å²) >= 11 is 0. The van der Waals surface area contributed by atoms with Crippen LogP contribution in [0.5, 0.6) is 0 Å². The molecule has 0 radical (unpaired) electrons. The van der Waals surface area contributed by atoms with Gasteiger partial charge in [-0.2, -0.15) is 13.2 Å². The van der Waals surface area contributed by atoms with Crippen LogP contribution in [0.1, 0.15) is 35.2 Å².